The number of carbonyl (C=O) groups is 3. The van der Waals surface area contributed by atoms with Crippen LogP contribution in [0.4, 0.5) is 18.9 Å². The lowest BCUT2D eigenvalue weighted by Crippen LogP contribution is -2.70. The summed E-state index contributed by atoms with van der Waals surface area (Å²) in [6.45, 7) is 1.90. The molecule has 2 fully saturated rings. The number of carboxylic acid groups (broad SMARTS) is 2. The van der Waals surface area contributed by atoms with Crippen LogP contribution in [0.5, 0.6) is 0 Å². The summed E-state index contributed by atoms with van der Waals surface area (Å²) in [5.41, 5.74) is 0.226. The molecule has 3 aliphatic heterocycles. The molecular weight excluding hydrogens is 599 g/mol. The minimum absolute atomic E-state index is 0.0332. The Kier molecular flexibility index (Phi) is 6.82. The fourth-order valence-corrected chi connectivity index (χ4v) is 7.99. The number of pyridine rings is 2. The number of aliphatic hydroxyl groups is 1. The van der Waals surface area contributed by atoms with E-state index in [0.717, 1.165) is 9.80 Å². The average Bonchev–Trinajstić information content (AvgIpc) is 3.46. The van der Waals surface area contributed by atoms with Crippen molar-refractivity contribution in [2.24, 2.45) is 22.5 Å². The quantitative estimate of drug-likeness (QED) is 0.242. The largest absolute Gasteiger partial charge is 0.481 e. The number of halogens is 3. The molecule has 5 heterocycles. The van der Waals surface area contributed by atoms with Gasteiger partial charge in [0.1, 0.15) is 28.3 Å². The van der Waals surface area contributed by atoms with E-state index >= 15 is 8.78 Å². The molecule has 2 aromatic heterocycles. The number of carboxylic acids is 2. The number of β-lactam (4-membered cyclic amide) rings is 1. The van der Waals surface area contributed by atoms with Crippen molar-refractivity contribution in [1.82, 2.24) is 14.9 Å². The maximum absolute atomic E-state index is 15.4. The van der Waals surface area contributed by atoms with Crippen molar-refractivity contribution in [1.29, 1.82) is 0 Å². The predicted octanol–water partition coefficient (Wildman–Crippen LogP) is 1.89. The first-order valence-electron chi connectivity index (χ1n) is 14.0. The molecule has 0 saturated carbocycles. The van der Waals surface area contributed by atoms with Crippen molar-refractivity contribution in [3.63, 3.8) is 0 Å². The topological polar surface area (TPSA) is 190 Å². The molecule has 45 heavy (non-hydrogen) atoms. The van der Waals surface area contributed by atoms with Gasteiger partial charge < -0.3 is 35.8 Å². The second kappa shape index (κ2) is 10.1. The third-order valence-corrected chi connectivity index (χ3v) is 9.83. The normalized spacial score (nSPS) is 28.4. The molecule has 0 aliphatic carbocycles. The standard InChI is InChI=1S/C30H28F3N5O7/c1-12(39)20-24-29(2,15(11-34)21(27(42)43)38(24)26(20)41)30(28(44)45)6-8-37(22-16(32)9-13(31)10-17(22)33)23(30)18-4-3-14-19(40)5-7-35-25(14)36-18/h3-5,7,9-10,12,20,23-24,39H,6,8,11,34H2,1-2H3,(H,42,43)(H,44,45)(H,35,36,40). The van der Waals surface area contributed by atoms with E-state index < -0.39 is 93.6 Å². The number of amides is 1. The van der Waals surface area contributed by atoms with E-state index in [2.05, 4.69) is 9.97 Å². The number of nitrogens with two attached hydrogens (primary N) is 1. The SMILES string of the molecule is CC(O)C1C(=O)N2C(C(=O)O)=C(CN)C(C)(C3(C(=O)O)CCN(c4c(F)cc(F)cc4F)C3c3ccc4c(=O)cc[nH]c4n3)C12. The van der Waals surface area contributed by atoms with Crippen LogP contribution in [0.2, 0.25) is 0 Å². The fourth-order valence-electron chi connectivity index (χ4n) is 7.99. The summed E-state index contributed by atoms with van der Waals surface area (Å²) in [6.07, 6.45) is -0.385. The Morgan fingerprint density at radius 3 is 2.40 bits per heavy atom. The van der Waals surface area contributed by atoms with Gasteiger partial charge in [0.25, 0.3) is 0 Å². The van der Waals surface area contributed by atoms with E-state index in [-0.39, 0.29) is 35.3 Å². The summed E-state index contributed by atoms with van der Waals surface area (Å²) in [7, 11) is 0. The van der Waals surface area contributed by atoms with Gasteiger partial charge in [0.2, 0.25) is 5.91 Å². The smallest absolute Gasteiger partial charge is 0.352 e. The van der Waals surface area contributed by atoms with Crippen LogP contribution in [0.3, 0.4) is 0 Å². The van der Waals surface area contributed by atoms with Crippen molar-refractivity contribution in [3.05, 3.63) is 81.2 Å². The molecule has 236 valence electrons. The van der Waals surface area contributed by atoms with Gasteiger partial charge in [0.05, 0.1) is 35.2 Å². The lowest BCUT2D eigenvalue weighted by atomic mass is 9.51. The van der Waals surface area contributed by atoms with E-state index in [9.17, 15) is 38.9 Å². The molecule has 3 aromatic rings. The summed E-state index contributed by atoms with van der Waals surface area (Å²) in [6, 6.07) is 2.02. The van der Waals surface area contributed by atoms with Gasteiger partial charge in [-0.1, -0.05) is 6.92 Å². The zero-order valence-electron chi connectivity index (χ0n) is 23.9. The number of carbonyl (C=O) groups excluding carboxylic acids is 1. The third kappa shape index (κ3) is 3.83. The molecule has 1 amide bonds. The lowest BCUT2D eigenvalue weighted by Gasteiger charge is -2.57. The van der Waals surface area contributed by atoms with Crippen LogP contribution < -0.4 is 16.1 Å². The van der Waals surface area contributed by atoms with Gasteiger partial charge in [-0.05, 0) is 31.1 Å². The van der Waals surface area contributed by atoms with Crippen molar-refractivity contribution in [2.45, 2.75) is 38.5 Å². The fraction of sp³-hybridized carbons (Fsp3) is 0.367. The molecule has 6 unspecified atom stereocenters. The number of aliphatic carboxylic acids is 2. The zero-order valence-corrected chi connectivity index (χ0v) is 23.9. The van der Waals surface area contributed by atoms with Crippen LogP contribution in [0.25, 0.3) is 11.0 Å². The van der Waals surface area contributed by atoms with Gasteiger partial charge in [-0.3, -0.25) is 14.4 Å². The van der Waals surface area contributed by atoms with Gasteiger partial charge in [0.15, 0.2) is 17.1 Å². The molecule has 0 bridgehead atoms. The number of hydrogen-bond donors (Lipinski definition) is 5. The second-order valence-electron chi connectivity index (χ2n) is 11.8. The van der Waals surface area contributed by atoms with Gasteiger partial charge in [0, 0.05) is 42.9 Å². The van der Waals surface area contributed by atoms with Crippen molar-refractivity contribution >= 4 is 34.6 Å². The number of anilines is 1. The van der Waals surface area contributed by atoms with Crippen molar-refractivity contribution in [2.75, 3.05) is 18.0 Å². The summed E-state index contributed by atoms with van der Waals surface area (Å²) >= 11 is 0. The summed E-state index contributed by atoms with van der Waals surface area (Å²) < 4.78 is 44.9. The van der Waals surface area contributed by atoms with Gasteiger partial charge >= 0.3 is 11.9 Å². The first kappa shape index (κ1) is 30.3. The lowest BCUT2D eigenvalue weighted by molar-refractivity contribution is -0.181. The molecule has 1 aromatic carbocycles. The van der Waals surface area contributed by atoms with Crippen LogP contribution in [0, 0.1) is 34.2 Å². The maximum atomic E-state index is 15.4. The first-order valence-corrected chi connectivity index (χ1v) is 14.0. The number of H-pyrrole nitrogens is 1. The van der Waals surface area contributed by atoms with E-state index in [4.69, 9.17) is 5.73 Å². The summed E-state index contributed by atoms with van der Waals surface area (Å²) in [5, 5.41) is 32.3. The van der Waals surface area contributed by atoms with E-state index in [1.807, 2.05) is 0 Å². The highest BCUT2D eigenvalue weighted by Gasteiger charge is 2.76. The molecule has 12 nitrogen and oxygen atoms in total. The van der Waals surface area contributed by atoms with E-state index in [1.54, 1.807) is 0 Å². The molecule has 0 spiro atoms. The monoisotopic (exact) mass is 627 g/mol. The first-order chi connectivity index (χ1) is 21.2. The van der Waals surface area contributed by atoms with Crippen LogP contribution in [-0.4, -0.2) is 73.3 Å². The number of rotatable bonds is 7. The Balaban J connectivity index is 1.70. The number of benzene rings is 1. The second-order valence-corrected chi connectivity index (χ2v) is 11.8. The van der Waals surface area contributed by atoms with Gasteiger partial charge in [-0.15, -0.1) is 0 Å². The Bertz CT molecular complexity index is 1870. The molecule has 2 saturated heterocycles. The van der Waals surface area contributed by atoms with E-state index in [1.165, 1.54) is 38.2 Å². The number of aliphatic hydroxyl groups excluding tert-OH is 1. The summed E-state index contributed by atoms with van der Waals surface area (Å²) in [5.74, 6) is -8.91. The number of nitrogens with one attached hydrogen (secondary N) is 1. The average molecular weight is 628 g/mol. The number of aromatic amines is 1. The highest BCUT2D eigenvalue weighted by atomic mass is 19.1. The molecule has 6 atom stereocenters. The Morgan fingerprint density at radius 1 is 1.16 bits per heavy atom. The predicted molar refractivity (Wildman–Crippen MR) is 151 cm³/mol. The zero-order chi connectivity index (χ0) is 32.7. The maximum Gasteiger partial charge on any atom is 0.352 e. The number of aromatic nitrogens is 2. The molecular formula is C30H28F3N5O7. The van der Waals surface area contributed by atoms with Crippen LogP contribution in [0.15, 0.2) is 52.6 Å². The van der Waals surface area contributed by atoms with Crippen LogP contribution in [0.1, 0.15) is 32.0 Å². The molecule has 3 aliphatic rings. The van der Waals surface area contributed by atoms with Crippen LogP contribution in [-0.2, 0) is 14.4 Å². The number of hydrogen-bond acceptors (Lipinski definition) is 8. The Labute approximate surface area is 252 Å². The molecule has 15 heteroatoms. The molecule has 6 N–H and O–H groups in total. The Hall–Kier alpha value is -4.76. The number of nitrogens with zero attached hydrogens (tertiary/aromatic N) is 3. The molecule has 0 radical (unpaired) electrons. The van der Waals surface area contributed by atoms with Crippen molar-refractivity contribution in [3.8, 4) is 0 Å². The molecule has 6 rings (SSSR count). The van der Waals surface area contributed by atoms with Gasteiger partial charge in [-0.25, -0.2) is 22.9 Å². The number of fused-ring (bicyclic) bond motifs is 2. The van der Waals surface area contributed by atoms with Crippen molar-refractivity contribution < 1.29 is 42.9 Å². The van der Waals surface area contributed by atoms with E-state index in [0.29, 0.717) is 12.1 Å². The Morgan fingerprint density at radius 2 is 1.82 bits per heavy atom. The highest BCUT2D eigenvalue weighted by Crippen LogP contribution is 2.68. The third-order valence-electron chi connectivity index (χ3n) is 9.83. The minimum atomic E-state index is -2.21. The van der Waals surface area contributed by atoms with Gasteiger partial charge in [-0.2, -0.15) is 0 Å². The van der Waals surface area contributed by atoms with Crippen LogP contribution >= 0.6 is 0 Å². The minimum Gasteiger partial charge on any atom is -0.481 e. The highest BCUT2D eigenvalue weighted by molar-refractivity contribution is 6.01. The summed E-state index contributed by atoms with van der Waals surface area (Å²) in [4.78, 5) is 61.5.